The molecule has 0 unspecified atom stereocenters. The maximum Gasteiger partial charge on any atom is 0.329 e. The van der Waals surface area contributed by atoms with E-state index in [2.05, 4.69) is 54.8 Å². The Hall–Kier alpha value is -7.07. The Labute approximate surface area is 472 Å². The number of unbranched alkanes of at least 4 members (excludes halogenated alkanes) is 6. The van der Waals surface area contributed by atoms with Crippen molar-refractivity contribution in [3.63, 3.8) is 0 Å². The smallest absolute Gasteiger partial charge is 0.329 e. The Balaban J connectivity index is 2.79. The maximum absolute atomic E-state index is 14.3. The van der Waals surface area contributed by atoms with E-state index in [1.807, 2.05) is 0 Å². The van der Waals surface area contributed by atoms with Gasteiger partial charge in [0.15, 0.2) is 0 Å². The SMILES string of the molecule is C/C=C1/NC(=O)[C@H](CCN)NC(=O)[C@H](CC(C)C)NC(=O)[C@H](CN)NC(=O)C[C@@H](CCCCCCCCC)OC(=O)[C@H](CC(=O)O)NC(=O)[C@H](C(C)(C)O)NC(=O)[C@@H](Cc2ccccc2)NC(=O)[C@H](CN)NC(=O)[C@H]([C@@H](C)O)NC1=O. The summed E-state index contributed by atoms with van der Waals surface area (Å²) in [5, 5.41) is 53.7. The highest BCUT2D eigenvalue weighted by Gasteiger charge is 2.41. The molecule has 0 saturated carbocycles. The highest BCUT2D eigenvalue weighted by molar-refractivity contribution is 6.02. The molecule has 10 atom stereocenters. The number of carbonyl (C=O) groups is 11. The van der Waals surface area contributed by atoms with Crippen LogP contribution >= 0.6 is 0 Å². The monoisotopic (exact) mass is 1140 g/mol. The summed E-state index contributed by atoms with van der Waals surface area (Å²) in [6.07, 6.45) is 2.10. The fourth-order valence-corrected chi connectivity index (χ4v) is 8.51. The van der Waals surface area contributed by atoms with E-state index in [0.29, 0.717) is 18.4 Å². The van der Waals surface area contributed by atoms with Crippen LogP contribution in [-0.4, -0.2) is 166 Å². The van der Waals surface area contributed by atoms with Gasteiger partial charge in [0.2, 0.25) is 47.3 Å². The first-order valence-electron chi connectivity index (χ1n) is 27.6. The number of carbonyl (C=O) groups excluding carboxylic acids is 10. The number of allylic oxidation sites excluding steroid dienone is 1. The molecule has 81 heavy (non-hydrogen) atoms. The quantitative estimate of drug-likeness (QED) is 0.0365. The van der Waals surface area contributed by atoms with Gasteiger partial charge >= 0.3 is 11.9 Å². The number of hydrogen-bond donors (Lipinski definition) is 15. The van der Waals surface area contributed by atoms with Gasteiger partial charge in [-0.3, -0.25) is 47.9 Å². The first-order chi connectivity index (χ1) is 38.2. The van der Waals surface area contributed by atoms with E-state index >= 15 is 0 Å². The zero-order chi connectivity index (χ0) is 61.0. The molecule has 1 fully saturated rings. The molecule has 2 rings (SSSR count). The Bertz CT molecular complexity index is 2310. The molecule has 1 aliphatic rings. The minimum atomic E-state index is -2.16. The van der Waals surface area contributed by atoms with Crippen molar-refractivity contribution in [2.75, 3.05) is 19.6 Å². The van der Waals surface area contributed by atoms with Crippen LogP contribution in [0, 0.1) is 5.92 Å². The standard InChI is InChI=1S/C54H88N12O15/c1-8-10-11-12-13-14-18-21-33-26-41(68)58-39(28-56)49(75)61-36(24-30(3)4)47(73)60-35(22-23-55)46(72)59-34(9-2)45(71)65-43(31(5)67)51(77)64-40(29-57)50(76)62-37(25-32-19-16-15-17-20-32)48(74)66-44(54(6,7)80)52(78)63-38(27-42(69)70)53(79)81-33/h9,15-17,19-20,30-31,33,35-40,43-44,67,80H,8,10-14,18,21-29,55-57H2,1-7H3,(H,58,68)(H,59,72)(H,60,73)(H,61,75)(H,62,76)(H,63,78)(H,64,77)(H,65,71)(H,66,74)(H,69,70)/b34-9+/t31-,33-,35+,36+,37-,38+,39+,40+,43+,44-/m1/s1. The molecule has 0 radical (unpaired) electrons. The number of hydrogen-bond acceptors (Lipinski definition) is 17. The largest absolute Gasteiger partial charge is 0.481 e. The number of aliphatic hydroxyl groups excluding tert-OH is 1. The number of nitrogens with two attached hydrogens (primary N) is 3. The molecule has 27 nitrogen and oxygen atoms in total. The molecule has 27 heteroatoms. The minimum absolute atomic E-state index is 0.0134. The number of cyclic esters (lactones) is 1. The van der Waals surface area contributed by atoms with Crippen LogP contribution in [-0.2, 0) is 63.9 Å². The molecule has 0 spiro atoms. The van der Waals surface area contributed by atoms with Crippen molar-refractivity contribution in [3.05, 3.63) is 47.7 Å². The van der Waals surface area contributed by atoms with Crippen molar-refractivity contribution < 1.29 is 72.8 Å². The summed E-state index contributed by atoms with van der Waals surface area (Å²) in [6.45, 7) is 9.10. The van der Waals surface area contributed by atoms with E-state index in [9.17, 15) is 68.1 Å². The van der Waals surface area contributed by atoms with Gasteiger partial charge in [0.25, 0.3) is 5.91 Å². The lowest BCUT2D eigenvalue weighted by Gasteiger charge is -2.32. The molecule has 0 aliphatic carbocycles. The molecule has 454 valence electrons. The average molecular weight is 1150 g/mol. The third kappa shape index (κ3) is 25.1. The lowest BCUT2D eigenvalue weighted by atomic mass is 9.96. The van der Waals surface area contributed by atoms with Crippen LogP contribution in [0.25, 0.3) is 0 Å². The number of nitrogens with one attached hydrogen (secondary N) is 9. The summed E-state index contributed by atoms with van der Waals surface area (Å²) in [5.41, 5.74) is 15.6. The Morgan fingerprint density at radius 1 is 0.667 bits per heavy atom. The van der Waals surface area contributed by atoms with E-state index in [1.54, 1.807) is 44.2 Å². The molecule has 1 aromatic rings. The molecule has 1 aliphatic heterocycles. The summed E-state index contributed by atoms with van der Waals surface area (Å²) in [4.78, 5) is 152. The van der Waals surface area contributed by atoms with E-state index in [1.165, 1.54) is 6.92 Å². The summed E-state index contributed by atoms with van der Waals surface area (Å²) in [6, 6.07) is -5.05. The van der Waals surface area contributed by atoms with E-state index in [0.717, 1.165) is 59.0 Å². The molecule has 1 heterocycles. The second-order valence-electron chi connectivity index (χ2n) is 21.0. The molecule has 18 N–H and O–H groups in total. The first-order valence-corrected chi connectivity index (χ1v) is 27.6. The molecule has 0 aromatic heterocycles. The van der Waals surface area contributed by atoms with Crippen LogP contribution < -0.4 is 65.1 Å². The van der Waals surface area contributed by atoms with Crippen molar-refractivity contribution in [2.45, 2.75) is 198 Å². The van der Waals surface area contributed by atoms with Crippen molar-refractivity contribution >= 4 is 65.1 Å². The first kappa shape index (κ1) is 70.0. The fraction of sp³-hybridized carbons (Fsp3) is 0.648. The molecular weight excluding hydrogens is 1060 g/mol. The maximum atomic E-state index is 14.3. The number of aliphatic carboxylic acids is 1. The molecular formula is C54H88N12O15. The highest BCUT2D eigenvalue weighted by Crippen LogP contribution is 2.17. The number of benzene rings is 1. The fourth-order valence-electron chi connectivity index (χ4n) is 8.51. The van der Waals surface area contributed by atoms with Crippen LogP contribution in [0.15, 0.2) is 42.1 Å². The van der Waals surface area contributed by atoms with E-state index in [-0.39, 0.29) is 38.1 Å². The summed E-state index contributed by atoms with van der Waals surface area (Å²) < 4.78 is 5.76. The second kappa shape index (κ2) is 35.6. The van der Waals surface area contributed by atoms with Gasteiger partial charge in [-0.05, 0) is 71.4 Å². The Morgan fingerprint density at radius 2 is 1.20 bits per heavy atom. The number of carboxylic acids is 1. The summed E-state index contributed by atoms with van der Waals surface area (Å²) in [5.74, 6) is -12.3. The number of amides is 9. The lowest BCUT2D eigenvalue weighted by molar-refractivity contribution is -0.158. The van der Waals surface area contributed by atoms with Crippen LogP contribution in [0.5, 0.6) is 0 Å². The zero-order valence-electron chi connectivity index (χ0n) is 47.6. The van der Waals surface area contributed by atoms with Gasteiger partial charge in [-0.2, -0.15) is 0 Å². The second-order valence-corrected chi connectivity index (χ2v) is 21.0. The molecule has 9 amide bonds. The number of carboxylic acid groups (broad SMARTS) is 1. The number of rotatable bonds is 20. The van der Waals surface area contributed by atoms with Gasteiger partial charge < -0.3 is 85.1 Å². The summed E-state index contributed by atoms with van der Waals surface area (Å²) >= 11 is 0. The van der Waals surface area contributed by atoms with Crippen LogP contribution in [0.3, 0.4) is 0 Å². The highest BCUT2D eigenvalue weighted by atomic mass is 16.5. The molecule has 1 saturated heterocycles. The van der Waals surface area contributed by atoms with Gasteiger partial charge in [-0.1, -0.05) is 95.7 Å². The lowest BCUT2D eigenvalue weighted by Crippen LogP contribution is -2.64. The van der Waals surface area contributed by atoms with Crippen molar-refractivity contribution in [2.24, 2.45) is 23.1 Å². The zero-order valence-corrected chi connectivity index (χ0v) is 47.6. The van der Waals surface area contributed by atoms with Gasteiger partial charge in [-0.15, -0.1) is 0 Å². The molecule has 1 aromatic carbocycles. The predicted molar refractivity (Wildman–Crippen MR) is 296 cm³/mol. The Kier molecular flexibility index (Phi) is 30.8. The van der Waals surface area contributed by atoms with E-state index < -0.39 is 163 Å². The summed E-state index contributed by atoms with van der Waals surface area (Å²) in [7, 11) is 0. The van der Waals surface area contributed by atoms with Crippen molar-refractivity contribution in [3.8, 4) is 0 Å². The van der Waals surface area contributed by atoms with Gasteiger partial charge in [0, 0.05) is 19.5 Å². The number of ether oxygens (including phenoxy) is 1. The predicted octanol–water partition coefficient (Wildman–Crippen LogP) is -2.48. The van der Waals surface area contributed by atoms with Crippen molar-refractivity contribution in [1.29, 1.82) is 0 Å². The topological polar surface area (TPSA) is 444 Å². The number of aliphatic hydroxyl groups is 2. The van der Waals surface area contributed by atoms with Crippen molar-refractivity contribution in [1.82, 2.24) is 47.9 Å². The van der Waals surface area contributed by atoms with E-state index in [4.69, 9.17) is 21.9 Å². The third-order valence-corrected chi connectivity index (χ3v) is 13.0. The minimum Gasteiger partial charge on any atom is -0.481 e. The average Bonchev–Trinajstić information content (AvgIpc) is 3.43. The van der Waals surface area contributed by atoms with Crippen LogP contribution in [0.4, 0.5) is 0 Å². The van der Waals surface area contributed by atoms with Crippen LogP contribution in [0.1, 0.15) is 131 Å². The Morgan fingerprint density at radius 3 is 1.74 bits per heavy atom. The number of esters is 1. The normalized spacial score (nSPS) is 25.3. The van der Waals surface area contributed by atoms with Crippen LogP contribution in [0.2, 0.25) is 0 Å². The third-order valence-electron chi connectivity index (χ3n) is 13.0. The van der Waals surface area contributed by atoms with Gasteiger partial charge in [0.1, 0.15) is 60.1 Å². The molecule has 0 bridgehead atoms. The van der Waals surface area contributed by atoms with Gasteiger partial charge in [0.05, 0.1) is 24.5 Å². The van der Waals surface area contributed by atoms with Gasteiger partial charge in [-0.25, -0.2) is 4.79 Å².